The molecule has 0 fully saturated rings. The lowest BCUT2D eigenvalue weighted by molar-refractivity contribution is 0.460. The topological polar surface area (TPSA) is 87.5 Å². The molecule has 0 bridgehead atoms. The van der Waals surface area contributed by atoms with Crippen molar-refractivity contribution in [1.82, 2.24) is 19.9 Å². The van der Waals surface area contributed by atoms with Gasteiger partial charge in [-0.3, -0.25) is 0 Å². The Hall–Kier alpha value is -2.65. The van der Waals surface area contributed by atoms with E-state index in [1.54, 1.807) is 12.1 Å². The maximum Gasteiger partial charge on any atom is 0.250 e. The van der Waals surface area contributed by atoms with Crippen LogP contribution >= 0.6 is 11.6 Å². The van der Waals surface area contributed by atoms with Crippen molar-refractivity contribution in [2.75, 3.05) is 0 Å². The lowest BCUT2D eigenvalue weighted by Gasteiger charge is -2.11. The first-order valence-corrected chi connectivity index (χ1v) is 6.52. The van der Waals surface area contributed by atoms with Crippen molar-refractivity contribution < 1.29 is 4.74 Å². The van der Waals surface area contributed by atoms with E-state index < -0.39 is 0 Å². The second kappa shape index (κ2) is 5.04. The number of benzene rings is 1. The zero-order valence-electron chi connectivity index (χ0n) is 11.3. The van der Waals surface area contributed by atoms with Gasteiger partial charge in [-0.2, -0.15) is 15.2 Å². The highest BCUT2D eigenvalue weighted by molar-refractivity contribution is 6.28. The van der Waals surface area contributed by atoms with E-state index in [2.05, 4.69) is 26.0 Å². The van der Waals surface area contributed by atoms with Crippen LogP contribution in [0.3, 0.4) is 0 Å². The lowest BCUT2D eigenvalue weighted by atomic mass is 10.1. The van der Waals surface area contributed by atoms with Gasteiger partial charge < -0.3 is 9.72 Å². The third-order valence-corrected chi connectivity index (χ3v) is 3.18. The number of halogens is 1. The van der Waals surface area contributed by atoms with Gasteiger partial charge in [-0.05, 0) is 48.7 Å². The smallest absolute Gasteiger partial charge is 0.250 e. The third kappa shape index (κ3) is 2.39. The molecule has 3 rings (SSSR count). The second-order valence-electron chi connectivity index (χ2n) is 4.55. The Morgan fingerprint density at radius 3 is 2.62 bits per heavy atom. The van der Waals surface area contributed by atoms with E-state index in [0.29, 0.717) is 28.4 Å². The van der Waals surface area contributed by atoms with Gasteiger partial charge in [0.05, 0.1) is 18.0 Å². The normalized spacial score (nSPS) is 10.6. The zero-order valence-corrected chi connectivity index (χ0v) is 12.1. The molecule has 0 radical (unpaired) electrons. The standard InChI is InChI=1S/C14H10ClN5O/c1-7-3-9(5-16)4-8(2)11(7)21-13-10-12(18-6-17-10)19-14(15)20-13/h3-4,6H,1-2H3,(H,17,18,19,20). The van der Waals surface area contributed by atoms with Gasteiger partial charge >= 0.3 is 0 Å². The molecule has 7 heteroatoms. The number of imidazole rings is 1. The van der Waals surface area contributed by atoms with Gasteiger partial charge in [0, 0.05) is 0 Å². The molecule has 1 aromatic carbocycles. The van der Waals surface area contributed by atoms with Gasteiger partial charge in [-0.25, -0.2) is 4.98 Å². The fourth-order valence-corrected chi connectivity index (χ4v) is 2.28. The Labute approximate surface area is 125 Å². The fourth-order valence-electron chi connectivity index (χ4n) is 2.13. The Morgan fingerprint density at radius 1 is 1.24 bits per heavy atom. The van der Waals surface area contributed by atoms with Gasteiger partial charge in [0.1, 0.15) is 11.3 Å². The molecular formula is C14H10ClN5O. The molecule has 2 heterocycles. The molecule has 1 N–H and O–H groups in total. The van der Waals surface area contributed by atoms with Crippen LogP contribution in [0.2, 0.25) is 5.28 Å². The van der Waals surface area contributed by atoms with Crippen molar-refractivity contribution in [2.24, 2.45) is 0 Å². The van der Waals surface area contributed by atoms with Crippen LogP contribution in [0.5, 0.6) is 11.6 Å². The maximum absolute atomic E-state index is 8.97. The Bertz CT molecular complexity index is 858. The SMILES string of the molecule is Cc1cc(C#N)cc(C)c1Oc1nc(Cl)nc2nc[nH]c12. The summed E-state index contributed by atoms with van der Waals surface area (Å²) in [7, 11) is 0. The summed E-state index contributed by atoms with van der Waals surface area (Å²) in [6.07, 6.45) is 1.50. The number of nitrogens with one attached hydrogen (secondary N) is 1. The van der Waals surface area contributed by atoms with Gasteiger partial charge in [-0.1, -0.05) is 0 Å². The molecule has 21 heavy (non-hydrogen) atoms. The molecule has 0 spiro atoms. The first-order chi connectivity index (χ1) is 10.1. The first kappa shape index (κ1) is 13.3. The van der Waals surface area contributed by atoms with Crippen molar-refractivity contribution in [3.63, 3.8) is 0 Å². The molecule has 0 amide bonds. The number of nitrogens with zero attached hydrogens (tertiary/aromatic N) is 4. The van der Waals surface area contributed by atoms with Gasteiger partial charge in [0.2, 0.25) is 11.2 Å². The van der Waals surface area contributed by atoms with Crippen LogP contribution in [0.4, 0.5) is 0 Å². The molecule has 2 aromatic heterocycles. The minimum atomic E-state index is 0.0635. The molecule has 104 valence electrons. The van der Waals surface area contributed by atoms with E-state index in [1.807, 2.05) is 13.8 Å². The number of hydrogen-bond donors (Lipinski definition) is 1. The number of fused-ring (bicyclic) bond motifs is 1. The van der Waals surface area contributed by atoms with Gasteiger partial charge in [0.15, 0.2) is 5.65 Å². The van der Waals surface area contributed by atoms with Crippen molar-refractivity contribution >= 4 is 22.8 Å². The monoisotopic (exact) mass is 299 g/mol. The Balaban J connectivity index is 2.11. The predicted molar refractivity (Wildman–Crippen MR) is 77.4 cm³/mol. The van der Waals surface area contributed by atoms with E-state index in [0.717, 1.165) is 11.1 Å². The number of aromatic nitrogens is 4. The van der Waals surface area contributed by atoms with Crippen LogP contribution in [-0.2, 0) is 0 Å². The summed E-state index contributed by atoms with van der Waals surface area (Å²) >= 11 is 5.88. The van der Waals surface area contributed by atoms with Crippen LogP contribution in [0.1, 0.15) is 16.7 Å². The van der Waals surface area contributed by atoms with Crippen LogP contribution in [0, 0.1) is 25.2 Å². The average molecular weight is 300 g/mol. The summed E-state index contributed by atoms with van der Waals surface area (Å²) in [6.45, 7) is 3.74. The molecule has 6 nitrogen and oxygen atoms in total. The number of aryl methyl sites for hydroxylation is 2. The summed E-state index contributed by atoms with van der Waals surface area (Å²) < 4.78 is 5.88. The molecule has 0 unspecified atom stereocenters. The molecule has 0 saturated carbocycles. The van der Waals surface area contributed by atoms with E-state index in [1.165, 1.54) is 6.33 Å². The third-order valence-electron chi connectivity index (χ3n) is 3.01. The number of rotatable bonds is 2. The minimum absolute atomic E-state index is 0.0635. The summed E-state index contributed by atoms with van der Waals surface area (Å²) in [4.78, 5) is 15.1. The largest absolute Gasteiger partial charge is 0.436 e. The summed E-state index contributed by atoms with van der Waals surface area (Å²) in [5, 5.41) is 9.04. The zero-order chi connectivity index (χ0) is 15.0. The van der Waals surface area contributed by atoms with E-state index in [-0.39, 0.29) is 5.28 Å². The van der Waals surface area contributed by atoms with Crippen molar-refractivity contribution in [3.8, 4) is 17.7 Å². The summed E-state index contributed by atoms with van der Waals surface area (Å²) in [6, 6.07) is 5.63. The van der Waals surface area contributed by atoms with Crippen LogP contribution < -0.4 is 4.74 Å². The van der Waals surface area contributed by atoms with Crippen LogP contribution in [-0.4, -0.2) is 19.9 Å². The van der Waals surface area contributed by atoms with Gasteiger partial charge in [0.25, 0.3) is 0 Å². The van der Waals surface area contributed by atoms with Crippen molar-refractivity contribution in [1.29, 1.82) is 5.26 Å². The Kier molecular flexibility index (Phi) is 3.20. The Morgan fingerprint density at radius 2 is 1.95 bits per heavy atom. The minimum Gasteiger partial charge on any atom is -0.436 e. The summed E-state index contributed by atoms with van der Waals surface area (Å²) in [5.41, 5.74) is 3.28. The van der Waals surface area contributed by atoms with Gasteiger partial charge in [-0.15, -0.1) is 0 Å². The highest BCUT2D eigenvalue weighted by Gasteiger charge is 2.14. The predicted octanol–water partition coefficient (Wildman–Crippen LogP) is 3.29. The maximum atomic E-state index is 8.97. The average Bonchev–Trinajstić information content (AvgIpc) is 2.90. The number of nitriles is 1. The highest BCUT2D eigenvalue weighted by atomic mass is 35.5. The molecule has 0 atom stereocenters. The van der Waals surface area contributed by atoms with E-state index in [9.17, 15) is 0 Å². The molecule has 0 aliphatic heterocycles. The summed E-state index contributed by atoms with van der Waals surface area (Å²) in [5.74, 6) is 0.943. The van der Waals surface area contributed by atoms with Crippen molar-refractivity contribution in [2.45, 2.75) is 13.8 Å². The lowest BCUT2D eigenvalue weighted by Crippen LogP contribution is -1.97. The fraction of sp³-hybridized carbons (Fsp3) is 0.143. The van der Waals surface area contributed by atoms with Crippen LogP contribution in [0.15, 0.2) is 18.5 Å². The molecule has 0 aliphatic rings. The van der Waals surface area contributed by atoms with Crippen LogP contribution in [0.25, 0.3) is 11.2 Å². The molecular weight excluding hydrogens is 290 g/mol. The molecule has 3 aromatic rings. The van der Waals surface area contributed by atoms with E-state index >= 15 is 0 Å². The quantitative estimate of drug-likeness (QED) is 0.734. The molecule has 0 saturated heterocycles. The number of H-pyrrole nitrogens is 1. The van der Waals surface area contributed by atoms with E-state index in [4.69, 9.17) is 21.6 Å². The second-order valence-corrected chi connectivity index (χ2v) is 4.89. The number of ether oxygens (including phenoxy) is 1. The number of aromatic amines is 1. The highest BCUT2D eigenvalue weighted by Crippen LogP contribution is 2.32. The molecule has 0 aliphatic carbocycles. The number of hydrogen-bond acceptors (Lipinski definition) is 5. The van der Waals surface area contributed by atoms with Crippen molar-refractivity contribution in [3.05, 3.63) is 40.4 Å². The first-order valence-electron chi connectivity index (χ1n) is 6.14.